The van der Waals surface area contributed by atoms with Crippen LogP contribution in [0.4, 0.5) is 4.39 Å². The molecule has 2 aromatic heterocycles. The zero-order valence-corrected chi connectivity index (χ0v) is 14.7. The summed E-state index contributed by atoms with van der Waals surface area (Å²) in [4.78, 5) is 18.5. The number of hydrogen-bond acceptors (Lipinski definition) is 4. The highest BCUT2D eigenvalue weighted by atomic mass is 19.1. The number of carbonyl (C=O) groups is 1. The second kappa shape index (κ2) is 7.57. The maximum atomic E-state index is 13.1. The highest BCUT2D eigenvalue weighted by Crippen LogP contribution is 2.20. The number of aryl methyl sites for hydroxylation is 1. The summed E-state index contributed by atoms with van der Waals surface area (Å²) in [6.45, 7) is 2.22. The molecule has 0 saturated heterocycles. The molecule has 0 saturated carbocycles. The smallest absolute Gasteiger partial charge is 0.254 e. The van der Waals surface area contributed by atoms with Gasteiger partial charge < -0.3 is 9.64 Å². The maximum absolute atomic E-state index is 13.1. The van der Waals surface area contributed by atoms with Crippen LogP contribution in [0.2, 0.25) is 0 Å². The van der Waals surface area contributed by atoms with Gasteiger partial charge in [-0.15, -0.1) is 5.10 Å². The molecule has 1 aliphatic rings. The number of rotatable bonds is 4. The lowest BCUT2D eigenvalue weighted by Gasteiger charge is -2.20. The van der Waals surface area contributed by atoms with E-state index in [0.29, 0.717) is 31.1 Å². The zero-order valence-electron chi connectivity index (χ0n) is 14.7. The van der Waals surface area contributed by atoms with Crippen molar-refractivity contribution in [1.29, 1.82) is 0 Å². The van der Waals surface area contributed by atoms with Crippen molar-refractivity contribution in [1.82, 2.24) is 19.7 Å². The number of benzene rings is 1. The van der Waals surface area contributed by atoms with E-state index in [1.54, 1.807) is 17.3 Å². The number of ether oxygens (including phenoxy) is 1. The predicted molar refractivity (Wildman–Crippen MR) is 96.6 cm³/mol. The number of amides is 1. The summed E-state index contributed by atoms with van der Waals surface area (Å²) in [5, 5.41) is 4.50. The van der Waals surface area contributed by atoms with Crippen LogP contribution >= 0.6 is 0 Å². The minimum absolute atomic E-state index is 0.107. The van der Waals surface area contributed by atoms with Crippen molar-refractivity contribution in [2.75, 3.05) is 6.54 Å². The third-order valence-corrected chi connectivity index (χ3v) is 4.51. The van der Waals surface area contributed by atoms with Gasteiger partial charge in [-0.05, 0) is 48.4 Å². The minimum Gasteiger partial charge on any atom is -0.472 e. The second-order valence-corrected chi connectivity index (χ2v) is 6.43. The van der Waals surface area contributed by atoms with Gasteiger partial charge in [0.05, 0.1) is 12.2 Å². The Bertz CT molecular complexity index is 925. The number of carbonyl (C=O) groups excluding carboxylic acids is 1. The maximum Gasteiger partial charge on any atom is 0.254 e. The number of nitrogens with zero attached hydrogens (tertiary/aromatic N) is 4. The third kappa shape index (κ3) is 3.97. The summed E-state index contributed by atoms with van der Waals surface area (Å²) in [7, 11) is 0. The van der Waals surface area contributed by atoms with Crippen LogP contribution in [0.3, 0.4) is 0 Å². The molecule has 1 amide bonds. The fourth-order valence-corrected chi connectivity index (χ4v) is 3.09. The van der Waals surface area contributed by atoms with E-state index >= 15 is 0 Å². The Morgan fingerprint density at radius 3 is 2.67 bits per heavy atom. The van der Waals surface area contributed by atoms with Gasteiger partial charge in [-0.3, -0.25) is 14.5 Å². The van der Waals surface area contributed by atoms with E-state index in [4.69, 9.17) is 4.74 Å². The van der Waals surface area contributed by atoms with Gasteiger partial charge in [0.2, 0.25) is 5.88 Å². The Morgan fingerprint density at radius 1 is 1.11 bits per heavy atom. The first-order valence-corrected chi connectivity index (χ1v) is 8.82. The van der Waals surface area contributed by atoms with Crippen LogP contribution in [-0.2, 0) is 19.7 Å². The minimum atomic E-state index is -0.350. The normalized spacial score (nSPS) is 13.7. The van der Waals surface area contributed by atoms with Crippen molar-refractivity contribution in [3.8, 4) is 5.88 Å². The molecule has 0 N–H and O–H groups in total. The average molecular weight is 366 g/mol. The first-order valence-electron chi connectivity index (χ1n) is 8.82. The molecule has 0 fully saturated rings. The monoisotopic (exact) mass is 366 g/mol. The van der Waals surface area contributed by atoms with E-state index in [0.717, 1.165) is 24.2 Å². The van der Waals surface area contributed by atoms with E-state index in [-0.39, 0.29) is 11.7 Å². The molecule has 0 bridgehead atoms. The summed E-state index contributed by atoms with van der Waals surface area (Å²) in [5.41, 5.74) is 2.42. The van der Waals surface area contributed by atoms with Crippen LogP contribution in [0.1, 0.15) is 28.0 Å². The van der Waals surface area contributed by atoms with Crippen LogP contribution in [0.5, 0.6) is 5.88 Å². The molecule has 27 heavy (non-hydrogen) atoms. The number of fused-ring (bicyclic) bond motifs is 1. The van der Waals surface area contributed by atoms with Gasteiger partial charge in [0.25, 0.3) is 5.91 Å². The van der Waals surface area contributed by atoms with Crippen LogP contribution in [0.15, 0.2) is 54.9 Å². The first kappa shape index (κ1) is 17.2. The Kier molecular flexibility index (Phi) is 4.82. The van der Waals surface area contributed by atoms with Crippen molar-refractivity contribution in [2.45, 2.75) is 26.1 Å². The lowest BCUT2D eigenvalue weighted by atomic mass is 10.2. The number of hydrogen-bond donors (Lipinski definition) is 0. The molecule has 6 nitrogen and oxygen atoms in total. The molecule has 7 heteroatoms. The van der Waals surface area contributed by atoms with Gasteiger partial charge in [-0.25, -0.2) is 4.39 Å². The molecule has 3 heterocycles. The van der Waals surface area contributed by atoms with E-state index in [2.05, 4.69) is 10.1 Å². The summed E-state index contributed by atoms with van der Waals surface area (Å²) in [5.74, 6) is 0.0817. The fraction of sp³-hybridized carbons (Fsp3) is 0.250. The summed E-state index contributed by atoms with van der Waals surface area (Å²) in [6.07, 6.45) is 4.24. The molecule has 4 rings (SSSR count). The quantitative estimate of drug-likeness (QED) is 0.712. The van der Waals surface area contributed by atoms with Gasteiger partial charge in [0.1, 0.15) is 12.4 Å². The first-order chi connectivity index (χ1) is 13.2. The summed E-state index contributed by atoms with van der Waals surface area (Å²) in [6, 6.07) is 11.3. The average Bonchev–Trinajstić information content (AvgIpc) is 2.97. The molecule has 0 spiro atoms. The van der Waals surface area contributed by atoms with Gasteiger partial charge in [0, 0.05) is 37.1 Å². The number of pyridine rings is 1. The molecule has 0 radical (unpaired) electrons. The van der Waals surface area contributed by atoms with Crippen LogP contribution in [0.25, 0.3) is 0 Å². The highest BCUT2D eigenvalue weighted by Gasteiger charge is 2.22. The van der Waals surface area contributed by atoms with Crippen molar-refractivity contribution >= 4 is 5.91 Å². The fourth-order valence-electron chi connectivity index (χ4n) is 3.09. The molecule has 138 valence electrons. The largest absolute Gasteiger partial charge is 0.472 e. The van der Waals surface area contributed by atoms with E-state index < -0.39 is 0 Å². The van der Waals surface area contributed by atoms with Crippen LogP contribution in [0, 0.1) is 5.82 Å². The Labute approximate surface area is 156 Å². The van der Waals surface area contributed by atoms with Crippen LogP contribution < -0.4 is 4.74 Å². The molecule has 0 unspecified atom stereocenters. The summed E-state index contributed by atoms with van der Waals surface area (Å²) >= 11 is 0. The molecular weight excluding hydrogens is 347 g/mol. The van der Waals surface area contributed by atoms with E-state index in [1.165, 1.54) is 24.3 Å². The number of halogens is 1. The standard InChI is InChI=1S/C20H19FN4O2/c21-17-4-2-16(3-5-17)20(26)24-10-1-11-25-18(13-24)12-19(23-25)27-14-15-6-8-22-9-7-15/h2-9,12H,1,10-11,13-14H2. The Hall–Kier alpha value is -3.22. The van der Waals surface area contributed by atoms with Gasteiger partial charge in [-0.2, -0.15) is 0 Å². The lowest BCUT2D eigenvalue weighted by molar-refractivity contribution is 0.0745. The lowest BCUT2D eigenvalue weighted by Crippen LogP contribution is -2.30. The molecule has 1 aromatic carbocycles. The molecule has 3 aromatic rings. The zero-order chi connectivity index (χ0) is 18.6. The highest BCUT2D eigenvalue weighted by molar-refractivity contribution is 5.94. The Morgan fingerprint density at radius 2 is 1.89 bits per heavy atom. The SMILES string of the molecule is O=C(c1ccc(F)cc1)N1CCCn2nc(OCc3ccncc3)cc2C1. The van der Waals surface area contributed by atoms with Gasteiger partial charge in [0.15, 0.2) is 0 Å². The molecule has 0 atom stereocenters. The van der Waals surface area contributed by atoms with Gasteiger partial charge >= 0.3 is 0 Å². The van der Waals surface area contributed by atoms with Crippen molar-refractivity contribution in [3.63, 3.8) is 0 Å². The van der Waals surface area contributed by atoms with Gasteiger partial charge in [-0.1, -0.05) is 0 Å². The second-order valence-electron chi connectivity index (χ2n) is 6.43. The van der Waals surface area contributed by atoms with Crippen LogP contribution in [-0.4, -0.2) is 32.1 Å². The predicted octanol–water partition coefficient (Wildman–Crippen LogP) is 3.04. The van der Waals surface area contributed by atoms with Crippen molar-refractivity contribution in [3.05, 3.63) is 77.5 Å². The van der Waals surface area contributed by atoms with E-state index in [9.17, 15) is 9.18 Å². The third-order valence-electron chi connectivity index (χ3n) is 4.51. The molecule has 1 aliphatic heterocycles. The number of aromatic nitrogens is 3. The topological polar surface area (TPSA) is 60.2 Å². The van der Waals surface area contributed by atoms with Crippen molar-refractivity contribution in [2.24, 2.45) is 0 Å². The van der Waals surface area contributed by atoms with E-state index in [1.807, 2.05) is 22.9 Å². The van der Waals surface area contributed by atoms with Crippen molar-refractivity contribution < 1.29 is 13.9 Å². The Balaban J connectivity index is 1.46. The molecule has 0 aliphatic carbocycles. The molecular formula is C20H19FN4O2. The summed E-state index contributed by atoms with van der Waals surface area (Å²) < 4.78 is 20.8.